The molecule has 0 aliphatic carbocycles. The van der Waals surface area contributed by atoms with Crippen molar-refractivity contribution in [1.29, 1.82) is 0 Å². The lowest BCUT2D eigenvalue weighted by atomic mass is 10.1. The summed E-state index contributed by atoms with van der Waals surface area (Å²) >= 11 is 0. The van der Waals surface area contributed by atoms with Crippen LogP contribution in [0.15, 0.2) is 48.9 Å². The number of hydrogen-bond acceptors (Lipinski definition) is 3. The number of aromatic amines is 1. The largest absolute Gasteiger partial charge is 0.362 e. The van der Waals surface area contributed by atoms with Gasteiger partial charge in [-0.3, -0.25) is 0 Å². The minimum absolute atomic E-state index is 0.195. The van der Waals surface area contributed by atoms with Gasteiger partial charge in [-0.05, 0) is 18.6 Å². The smallest absolute Gasteiger partial charge is 0.154 e. The normalized spacial score (nSPS) is 12.5. The van der Waals surface area contributed by atoms with Crippen LogP contribution in [0.1, 0.15) is 18.5 Å². The van der Waals surface area contributed by atoms with E-state index in [1.54, 1.807) is 12.5 Å². The van der Waals surface area contributed by atoms with Gasteiger partial charge in [-0.15, -0.1) is 0 Å². The van der Waals surface area contributed by atoms with Gasteiger partial charge in [-0.1, -0.05) is 30.3 Å². The maximum atomic E-state index is 4.35. The van der Waals surface area contributed by atoms with E-state index in [0.717, 1.165) is 16.9 Å². The molecule has 0 aliphatic heterocycles. The second-order valence-corrected chi connectivity index (χ2v) is 4.23. The topological polar surface area (TPSA) is 53.6 Å². The van der Waals surface area contributed by atoms with Crippen LogP contribution >= 0.6 is 0 Å². The Morgan fingerprint density at radius 3 is 2.78 bits per heavy atom. The number of aromatic nitrogens is 3. The summed E-state index contributed by atoms with van der Waals surface area (Å²) in [6, 6.07) is 12.4. The number of pyridine rings is 1. The van der Waals surface area contributed by atoms with E-state index in [0.29, 0.717) is 0 Å². The molecule has 2 aromatic heterocycles. The minimum atomic E-state index is 0.195. The Labute approximate surface area is 105 Å². The SMILES string of the molecule is C[C@@H](Nc1nccc2[nH]cnc12)c1ccccc1. The van der Waals surface area contributed by atoms with Crippen molar-refractivity contribution in [2.24, 2.45) is 0 Å². The summed E-state index contributed by atoms with van der Waals surface area (Å²) in [5, 5.41) is 3.39. The highest BCUT2D eigenvalue weighted by Gasteiger charge is 2.09. The Hall–Kier alpha value is -2.36. The molecule has 4 nitrogen and oxygen atoms in total. The molecule has 0 spiro atoms. The Morgan fingerprint density at radius 1 is 1.11 bits per heavy atom. The molecular formula is C14H14N4. The number of anilines is 1. The lowest BCUT2D eigenvalue weighted by molar-refractivity contribution is 0.877. The second-order valence-electron chi connectivity index (χ2n) is 4.23. The molecule has 4 heteroatoms. The number of H-pyrrole nitrogens is 1. The van der Waals surface area contributed by atoms with Crippen molar-refractivity contribution < 1.29 is 0 Å². The summed E-state index contributed by atoms with van der Waals surface area (Å²) < 4.78 is 0. The van der Waals surface area contributed by atoms with E-state index in [1.807, 2.05) is 24.3 Å². The number of benzene rings is 1. The summed E-state index contributed by atoms with van der Waals surface area (Å²) in [7, 11) is 0. The van der Waals surface area contributed by atoms with E-state index in [-0.39, 0.29) is 6.04 Å². The Balaban J connectivity index is 1.91. The van der Waals surface area contributed by atoms with Gasteiger partial charge in [0.05, 0.1) is 17.9 Å². The van der Waals surface area contributed by atoms with E-state index >= 15 is 0 Å². The van der Waals surface area contributed by atoms with Crippen molar-refractivity contribution in [2.75, 3.05) is 5.32 Å². The summed E-state index contributed by atoms with van der Waals surface area (Å²) in [4.78, 5) is 11.7. The van der Waals surface area contributed by atoms with Crippen LogP contribution in [0.3, 0.4) is 0 Å². The zero-order chi connectivity index (χ0) is 12.4. The summed E-state index contributed by atoms with van der Waals surface area (Å²) in [6.45, 7) is 2.11. The molecule has 0 saturated carbocycles. The number of fused-ring (bicyclic) bond motifs is 1. The molecule has 3 aromatic rings. The van der Waals surface area contributed by atoms with Gasteiger partial charge >= 0.3 is 0 Å². The van der Waals surface area contributed by atoms with Crippen LogP contribution in [-0.4, -0.2) is 15.0 Å². The maximum absolute atomic E-state index is 4.35. The zero-order valence-electron chi connectivity index (χ0n) is 10.1. The molecule has 0 bridgehead atoms. The van der Waals surface area contributed by atoms with Crippen molar-refractivity contribution in [2.45, 2.75) is 13.0 Å². The molecule has 0 unspecified atom stereocenters. The van der Waals surface area contributed by atoms with Gasteiger partial charge in [0.2, 0.25) is 0 Å². The molecule has 0 aliphatic rings. The second kappa shape index (κ2) is 4.49. The van der Waals surface area contributed by atoms with E-state index in [4.69, 9.17) is 0 Å². The first-order valence-corrected chi connectivity index (χ1v) is 5.94. The number of hydrogen-bond donors (Lipinski definition) is 2. The molecule has 90 valence electrons. The van der Waals surface area contributed by atoms with Gasteiger partial charge in [0.25, 0.3) is 0 Å². The molecule has 0 saturated heterocycles. The molecule has 0 radical (unpaired) electrons. The zero-order valence-corrected chi connectivity index (χ0v) is 10.1. The number of rotatable bonds is 3. The quantitative estimate of drug-likeness (QED) is 0.737. The van der Waals surface area contributed by atoms with Crippen molar-refractivity contribution >= 4 is 16.9 Å². The molecule has 1 atom stereocenters. The first-order chi connectivity index (χ1) is 8.84. The maximum Gasteiger partial charge on any atom is 0.154 e. The minimum Gasteiger partial charge on any atom is -0.362 e. The van der Waals surface area contributed by atoms with E-state index in [9.17, 15) is 0 Å². The van der Waals surface area contributed by atoms with Gasteiger partial charge in [-0.25, -0.2) is 9.97 Å². The fourth-order valence-corrected chi connectivity index (χ4v) is 2.00. The highest BCUT2D eigenvalue weighted by Crippen LogP contribution is 2.22. The van der Waals surface area contributed by atoms with Crippen LogP contribution in [-0.2, 0) is 0 Å². The average Bonchev–Trinajstić information content (AvgIpc) is 2.89. The molecule has 18 heavy (non-hydrogen) atoms. The van der Waals surface area contributed by atoms with Gasteiger partial charge in [0, 0.05) is 6.20 Å². The van der Waals surface area contributed by atoms with Crippen LogP contribution in [0.25, 0.3) is 11.0 Å². The first kappa shape index (κ1) is 10.8. The third-order valence-electron chi connectivity index (χ3n) is 2.99. The van der Waals surface area contributed by atoms with Crippen LogP contribution in [0.2, 0.25) is 0 Å². The monoisotopic (exact) mass is 238 g/mol. The van der Waals surface area contributed by atoms with E-state index < -0.39 is 0 Å². The Kier molecular flexibility index (Phi) is 2.68. The highest BCUT2D eigenvalue weighted by atomic mass is 15.0. The fourth-order valence-electron chi connectivity index (χ4n) is 2.00. The number of nitrogens with zero attached hydrogens (tertiary/aromatic N) is 2. The first-order valence-electron chi connectivity index (χ1n) is 5.94. The molecule has 0 fully saturated rings. The van der Waals surface area contributed by atoms with Crippen molar-refractivity contribution in [3.63, 3.8) is 0 Å². The van der Waals surface area contributed by atoms with Crippen LogP contribution < -0.4 is 5.32 Å². The third-order valence-corrected chi connectivity index (χ3v) is 2.99. The van der Waals surface area contributed by atoms with Crippen molar-refractivity contribution in [3.8, 4) is 0 Å². The van der Waals surface area contributed by atoms with Crippen LogP contribution in [0.4, 0.5) is 5.82 Å². The lowest BCUT2D eigenvalue weighted by Gasteiger charge is -2.14. The van der Waals surface area contributed by atoms with Crippen LogP contribution in [0.5, 0.6) is 0 Å². The van der Waals surface area contributed by atoms with Gasteiger partial charge in [0.1, 0.15) is 5.52 Å². The predicted octanol–water partition coefficient (Wildman–Crippen LogP) is 3.13. The summed E-state index contributed by atoms with van der Waals surface area (Å²) in [5.74, 6) is 0.810. The summed E-state index contributed by atoms with van der Waals surface area (Å²) in [6.07, 6.45) is 3.46. The van der Waals surface area contributed by atoms with Crippen molar-refractivity contribution in [1.82, 2.24) is 15.0 Å². The molecule has 0 amide bonds. The lowest BCUT2D eigenvalue weighted by Crippen LogP contribution is -2.08. The molecular weight excluding hydrogens is 224 g/mol. The fraction of sp³-hybridized carbons (Fsp3) is 0.143. The standard InChI is InChI=1S/C14H14N4/c1-10(11-5-3-2-4-6-11)18-14-13-12(7-8-15-14)16-9-17-13/h2-10H,1H3,(H,15,18)(H,16,17)/t10-/m1/s1. The van der Waals surface area contributed by atoms with Crippen molar-refractivity contribution in [3.05, 3.63) is 54.5 Å². The predicted molar refractivity (Wildman–Crippen MR) is 72.4 cm³/mol. The molecule has 2 heterocycles. The van der Waals surface area contributed by atoms with Crippen LogP contribution in [0, 0.1) is 0 Å². The Morgan fingerprint density at radius 2 is 1.94 bits per heavy atom. The molecule has 3 rings (SSSR count). The average molecular weight is 238 g/mol. The molecule has 2 N–H and O–H groups in total. The van der Waals surface area contributed by atoms with Gasteiger partial charge in [-0.2, -0.15) is 0 Å². The number of imidazole rings is 1. The highest BCUT2D eigenvalue weighted by molar-refractivity contribution is 5.85. The third kappa shape index (κ3) is 1.93. The van der Waals surface area contributed by atoms with E-state index in [1.165, 1.54) is 5.56 Å². The number of nitrogens with one attached hydrogen (secondary N) is 2. The Bertz CT molecular complexity index is 645. The van der Waals surface area contributed by atoms with E-state index in [2.05, 4.69) is 39.3 Å². The molecule has 1 aromatic carbocycles. The van der Waals surface area contributed by atoms with Gasteiger partial charge in [0.15, 0.2) is 5.82 Å². The summed E-state index contributed by atoms with van der Waals surface area (Å²) in [5.41, 5.74) is 3.10. The van der Waals surface area contributed by atoms with Gasteiger partial charge < -0.3 is 10.3 Å².